The number of nitriles is 1. The molecule has 1 heterocycles. The van der Waals surface area contributed by atoms with E-state index in [1.165, 1.54) is 36.2 Å². The van der Waals surface area contributed by atoms with Gasteiger partial charge in [-0.1, -0.05) is 6.07 Å². The molecule has 1 N–H and O–H groups in total. The van der Waals surface area contributed by atoms with Gasteiger partial charge in [0.25, 0.3) is 0 Å². The first-order valence-corrected chi connectivity index (χ1v) is 6.59. The minimum absolute atomic E-state index is 0.00375. The molecule has 0 aliphatic carbocycles. The fourth-order valence-electron chi connectivity index (χ4n) is 1.53. The number of rotatable bonds is 4. The van der Waals surface area contributed by atoms with Crippen LogP contribution in [0.2, 0.25) is 0 Å². The van der Waals surface area contributed by atoms with Gasteiger partial charge < -0.3 is 5.11 Å². The highest BCUT2D eigenvalue weighted by Crippen LogP contribution is 2.23. The number of aromatic carboxylic acids is 1. The Balaban J connectivity index is 2.11. The molecule has 0 bridgehead atoms. The molecule has 0 saturated carbocycles. The topological polar surface area (TPSA) is 74.0 Å². The Bertz CT molecular complexity index is 698. The maximum absolute atomic E-state index is 13.2. The lowest BCUT2D eigenvalue weighted by Crippen LogP contribution is -1.99. The summed E-state index contributed by atoms with van der Waals surface area (Å²) in [5.41, 5.74) is 0.775. The van der Waals surface area contributed by atoms with Crippen molar-refractivity contribution in [2.45, 2.75) is 10.6 Å². The Labute approximate surface area is 118 Å². The molecule has 4 nitrogen and oxygen atoms in total. The van der Waals surface area contributed by atoms with Gasteiger partial charge in [0.1, 0.15) is 17.6 Å². The van der Waals surface area contributed by atoms with Crippen molar-refractivity contribution in [3.8, 4) is 6.07 Å². The van der Waals surface area contributed by atoms with Gasteiger partial charge in [0.2, 0.25) is 0 Å². The summed E-state index contributed by atoms with van der Waals surface area (Å²) in [6.45, 7) is 0. The molecule has 0 unspecified atom stereocenters. The van der Waals surface area contributed by atoms with Crippen molar-refractivity contribution < 1.29 is 14.3 Å². The minimum atomic E-state index is -1.08. The van der Waals surface area contributed by atoms with Crippen molar-refractivity contribution in [1.29, 1.82) is 5.26 Å². The number of nitrogens with zero attached hydrogens (tertiary/aromatic N) is 2. The average Bonchev–Trinajstić information content (AvgIpc) is 2.46. The lowest BCUT2D eigenvalue weighted by atomic mass is 10.1. The fourth-order valence-corrected chi connectivity index (χ4v) is 2.40. The molecule has 0 aliphatic rings. The summed E-state index contributed by atoms with van der Waals surface area (Å²) in [5, 5.41) is 17.6. The Morgan fingerprint density at radius 3 is 2.90 bits per heavy atom. The number of carboxylic acids is 1. The first-order valence-electron chi connectivity index (χ1n) is 5.61. The van der Waals surface area contributed by atoms with Gasteiger partial charge in [-0.25, -0.2) is 14.2 Å². The molecular formula is C14H9FN2O2S. The number of aromatic nitrogens is 1. The van der Waals surface area contributed by atoms with Crippen LogP contribution in [0.15, 0.2) is 41.4 Å². The molecule has 6 heteroatoms. The monoisotopic (exact) mass is 288 g/mol. The lowest BCUT2D eigenvalue weighted by molar-refractivity contribution is 0.0690. The molecule has 0 atom stereocenters. The quantitative estimate of drug-likeness (QED) is 0.875. The third-order valence-corrected chi connectivity index (χ3v) is 3.57. The van der Waals surface area contributed by atoms with E-state index in [-0.39, 0.29) is 11.3 Å². The molecule has 0 aliphatic heterocycles. The van der Waals surface area contributed by atoms with Crippen LogP contribution in [-0.2, 0) is 5.75 Å². The van der Waals surface area contributed by atoms with Crippen LogP contribution in [0.3, 0.4) is 0 Å². The Morgan fingerprint density at radius 1 is 1.40 bits per heavy atom. The van der Waals surface area contributed by atoms with Crippen molar-refractivity contribution in [2.24, 2.45) is 0 Å². The zero-order chi connectivity index (χ0) is 14.5. The van der Waals surface area contributed by atoms with Crippen molar-refractivity contribution in [1.82, 2.24) is 4.98 Å². The standard InChI is InChI=1S/C14H9FN2O2S/c15-12-2-1-9(5-10(12)7-16)8-20-11-3-4-17-13(6-11)14(18)19/h1-6H,8H2,(H,18,19). The predicted octanol–water partition coefficient (Wildman–Crippen LogP) is 3.08. The molecule has 20 heavy (non-hydrogen) atoms. The summed E-state index contributed by atoms with van der Waals surface area (Å²) in [6.07, 6.45) is 1.43. The Morgan fingerprint density at radius 2 is 2.20 bits per heavy atom. The van der Waals surface area contributed by atoms with E-state index in [1.807, 2.05) is 0 Å². The molecule has 0 saturated heterocycles. The second-order valence-corrected chi connectivity index (χ2v) is 4.95. The van der Waals surface area contributed by atoms with Crippen LogP contribution >= 0.6 is 11.8 Å². The van der Waals surface area contributed by atoms with E-state index in [0.29, 0.717) is 5.75 Å². The van der Waals surface area contributed by atoms with Gasteiger partial charge in [0, 0.05) is 16.8 Å². The zero-order valence-electron chi connectivity index (χ0n) is 10.2. The molecule has 2 rings (SSSR count). The molecule has 0 fully saturated rings. The van der Waals surface area contributed by atoms with E-state index in [1.54, 1.807) is 18.2 Å². The van der Waals surface area contributed by atoms with Gasteiger partial charge in [-0.2, -0.15) is 5.26 Å². The summed E-state index contributed by atoms with van der Waals surface area (Å²) in [7, 11) is 0. The van der Waals surface area contributed by atoms with E-state index in [2.05, 4.69) is 4.98 Å². The summed E-state index contributed by atoms with van der Waals surface area (Å²) >= 11 is 1.39. The van der Waals surface area contributed by atoms with Crippen LogP contribution < -0.4 is 0 Å². The summed E-state index contributed by atoms with van der Waals surface area (Å²) < 4.78 is 13.2. The SMILES string of the molecule is N#Cc1cc(CSc2ccnc(C(=O)O)c2)ccc1F. The van der Waals surface area contributed by atoms with E-state index >= 15 is 0 Å². The molecule has 1 aromatic carbocycles. The van der Waals surface area contributed by atoms with Gasteiger partial charge >= 0.3 is 5.97 Å². The number of hydrogen-bond donors (Lipinski definition) is 1. The van der Waals surface area contributed by atoms with E-state index in [4.69, 9.17) is 10.4 Å². The second-order valence-electron chi connectivity index (χ2n) is 3.90. The number of carbonyl (C=O) groups is 1. The normalized spacial score (nSPS) is 10.0. The number of thioether (sulfide) groups is 1. The number of pyridine rings is 1. The Hall–Kier alpha value is -2.39. The van der Waals surface area contributed by atoms with Crippen molar-refractivity contribution in [3.63, 3.8) is 0 Å². The highest BCUT2D eigenvalue weighted by molar-refractivity contribution is 7.98. The Kier molecular flexibility index (Phi) is 4.33. The first-order chi connectivity index (χ1) is 9.60. The van der Waals surface area contributed by atoms with Gasteiger partial charge in [0.05, 0.1) is 5.56 Å². The molecular weight excluding hydrogens is 279 g/mol. The van der Waals surface area contributed by atoms with Crippen molar-refractivity contribution >= 4 is 17.7 Å². The number of carboxylic acid groups (broad SMARTS) is 1. The molecule has 2 aromatic rings. The van der Waals surface area contributed by atoms with Crippen LogP contribution in [0.5, 0.6) is 0 Å². The smallest absolute Gasteiger partial charge is 0.354 e. The maximum Gasteiger partial charge on any atom is 0.354 e. The van der Waals surface area contributed by atoms with Crippen molar-refractivity contribution in [3.05, 3.63) is 59.2 Å². The summed E-state index contributed by atoms with van der Waals surface area (Å²) in [5.74, 6) is -1.11. The van der Waals surface area contributed by atoms with Crippen LogP contribution in [0.4, 0.5) is 4.39 Å². The summed E-state index contributed by atoms with van der Waals surface area (Å²) in [6, 6.07) is 9.30. The molecule has 1 aromatic heterocycles. The maximum atomic E-state index is 13.2. The number of hydrogen-bond acceptors (Lipinski definition) is 4. The van der Waals surface area contributed by atoms with Gasteiger partial charge in [-0.05, 0) is 29.8 Å². The van der Waals surface area contributed by atoms with Crippen molar-refractivity contribution in [2.75, 3.05) is 0 Å². The average molecular weight is 288 g/mol. The molecule has 0 amide bonds. The van der Waals surface area contributed by atoms with Crippen LogP contribution in [-0.4, -0.2) is 16.1 Å². The van der Waals surface area contributed by atoms with Crippen LogP contribution in [0.1, 0.15) is 21.6 Å². The van der Waals surface area contributed by atoms with Gasteiger partial charge in [-0.3, -0.25) is 0 Å². The van der Waals surface area contributed by atoms with E-state index in [0.717, 1.165) is 10.5 Å². The van der Waals surface area contributed by atoms with Gasteiger partial charge in [0.15, 0.2) is 0 Å². The molecule has 0 spiro atoms. The lowest BCUT2D eigenvalue weighted by Gasteiger charge is -2.04. The number of benzene rings is 1. The highest BCUT2D eigenvalue weighted by Gasteiger charge is 2.07. The van der Waals surface area contributed by atoms with Crippen LogP contribution in [0, 0.1) is 17.1 Å². The fraction of sp³-hybridized carbons (Fsp3) is 0.0714. The first kappa shape index (κ1) is 14.0. The minimum Gasteiger partial charge on any atom is -0.477 e. The molecule has 0 radical (unpaired) electrons. The zero-order valence-corrected chi connectivity index (χ0v) is 11.0. The van der Waals surface area contributed by atoms with Crippen LogP contribution in [0.25, 0.3) is 0 Å². The second kappa shape index (κ2) is 6.17. The summed E-state index contributed by atoms with van der Waals surface area (Å²) in [4.78, 5) is 15.3. The predicted molar refractivity (Wildman–Crippen MR) is 71.9 cm³/mol. The third kappa shape index (κ3) is 3.33. The van der Waals surface area contributed by atoms with E-state index < -0.39 is 11.8 Å². The van der Waals surface area contributed by atoms with Gasteiger partial charge in [-0.15, -0.1) is 11.8 Å². The molecule has 100 valence electrons. The number of halogens is 1. The highest BCUT2D eigenvalue weighted by atomic mass is 32.2. The largest absolute Gasteiger partial charge is 0.477 e. The third-order valence-electron chi connectivity index (χ3n) is 2.51. The van der Waals surface area contributed by atoms with E-state index in [9.17, 15) is 9.18 Å².